The van der Waals surface area contributed by atoms with Crippen LogP contribution in [0, 0.1) is 5.82 Å². The zero-order valence-electron chi connectivity index (χ0n) is 16.4. The third-order valence-corrected chi connectivity index (χ3v) is 4.34. The van der Waals surface area contributed by atoms with Gasteiger partial charge in [-0.2, -0.15) is 0 Å². The molecule has 1 aromatic carbocycles. The van der Waals surface area contributed by atoms with Crippen LogP contribution in [0.4, 0.5) is 4.39 Å². The molecule has 164 valence electrons. The van der Waals surface area contributed by atoms with Gasteiger partial charge in [-0.1, -0.05) is 0 Å². The summed E-state index contributed by atoms with van der Waals surface area (Å²) in [6, 6.07) is 3.33. The number of rotatable bonds is 5. The number of nitrogens with zero attached hydrogens (tertiary/aromatic N) is 2. The number of amides is 2. The Hall–Kier alpha value is -4.35. The van der Waals surface area contributed by atoms with Crippen molar-refractivity contribution >= 4 is 34.7 Å². The van der Waals surface area contributed by atoms with Gasteiger partial charge in [-0.3, -0.25) is 14.4 Å². The van der Waals surface area contributed by atoms with Gasteiger partial charge in [-0.25, -0.2) is 19.0 Å². The molecule has 0 bridgehead atoms. The number of carbonyl (C=O) groups is 4. The number of hydrogen-bond donors (Lipinski definition) is 0. The predicted molar refractivity (Wildman–Crippen MR) is 100 cm³/mol. The van der Waals surface area contributed by atoms with Crippen LogP contribution < -0.4 is 10.4 Å². The van der Waals surface area contributed by atoms with Crippen LogP contribution in [-0.4, -0.2) is 33.8 Å². The number of fused-ring (bicyclic) bond motifs is 1. The third-order valence-electron chi connectivity index (χ3n) is 4.34. The van der Waals surface area contributed by atoms with Crippen molar-refractivity contribution in [3.8, 4) is 17.2 Å². The molecule has 32 heavy (non-hydrogen) atoms. The Kier molecular flexibility index (Phi) is 5.26. The summed E-state index contributed by atoms with van der Waals surface area (Å²) in [5, 5.41) is 0.564. The number of benzene rings is 1. The van der Waals surface area contributed by atoms with Crippen LogP contribution in [0.15, 0.2) is 38.0 Å². The van der Waals surface area contributed by atoms with Crippen LogP contribution in [0.3, 0.4) is 0 Å². The predicted octanol–water partition coefficient (Wildman–Crippen LogP) is 1.66. The summed E-state index contributed by atoms with van der Waals surface area (Å²) in [6.07, 6.45) is 0.597. The second-order valence-electron chi connectivity index (χ2n) is 6.72. The van der Waals surface area contributed by atoms with Crippen LogP contribution in [-0.2, 0) is 30.4 Å². The first-order valence-corrected chi connectivity index (χ1v) is 9.19. The van der Waals surface area contributed by atoms with Crippen LogP contribution in [0.1, 0.15) is 25.5 Å². The van der Waals surface area contributed by atoms with E-state index in [1.165, 1.54) is 6.07 Å². The summed E-state index contributed by atoms with van der Waals surface area (Å²) in [7, 11) is 0. The molecular formula is C20H13FN2O9. The molecule has 0 atom stereocenters. The maximum absolute atomic E-state index is 14.1. The topological polar surface area (TPSA) is 146 Å². The summed E-state index contributed by atoms with van der Waals surface area (Å²) >= 11 is 0. The van der Waals surface area contributed by atoms with Crippen LogP contribution in [0.5, 0.6) is 5.75 Å². The Bertz CT molecular complexity index is 1320. The zero-order chi connectivity index (χ0) is 23.0. The third kappa shape index (κ3) is 4.10. The van der Waals surface area contributed by atoms with Crippen molar-refractivity contribution in [3.63, 3.8) is 0 Å². The first kappa shape index (κ1) is 20.9. The summed E-state index contributed by atoms with van der Waals surface area (Å²) < 4.78 is 29.4. The van der Waals surface area contributed by atoms with Gasteiger partial charge >= 0.3 is 17.6 Å². The van der Waals surface area contributed by atoms with E-state index in [2.05, 4.69) is 4.98 Å². The van der Waals surface area contributed by atoms with E-state index in [4.69, 9.17) is 18.4 Å². The summed E-state index contributed by atoms with van der Waals surface area (Å²) in [6.45, 7) is 1.10. The standard InChI is InChI=1S/C20H13FN2O9/c1-9(24)29-15-7-14-10(5-13(15)21)4-12(20(28)31-14)19-22-8-11(30-19)6-18(27)32-23-16(25)2-3-17(23)26/h4-5,7-8H,2-3,6H2,1H3. The SMILES string of the molecule is CC(=O)Oc1cc2oc(=O)c(-c3ncc(CC(=O)ON4C(=O)CCC4=O)o3)cc2cc1F. The molecule has 0 saturated carbocycles. The van der Waals surface area contributed by atoms with E-state index in [0.29, 0.717) is 5.06 Å². The fraction of sp³-hybridized carbons (Fsp3) is 0.200. The zero-order valence-corrected chi connectivity index (χ0v) is 16.4. The second kappa shape index (κ2) is 8.06. The fourth-order valence-corrected chi connectivity index (χ4v) is 2.95. The minimum absolute atomic E-state index is 0.0139. The van der Waals surface area contributed by atoms with Crippen molar-refractivity contribution < 1.29 is 42.0 Å². The van der Waals surface area contributed by atoms with Gasteiger partial charge in [-0.05, 0) is 12.1 Å². The Morgan fingerprint density at radius 1 is 1.12 bits per heavy atom. The molecule has 2 aromatic heterocycles. The molecule has 3 heterocycles. The minimum atomic E-state index is -0.943. The Morgan fingerprint density at radius 2 is 1.84 bits per heavy atom. The Morgan fingerprint density at radius 3 is 2.53 bits per heavy atom. The smallest absolute Gasteiger partial charge is 0.349 e. The molecule has 4 rings (SSSR count). The van der Waals surface area contributed by atoms with E-state index in [1.54, 1.807) is 0 Å². The molecule has 1 fully saturated rings. The van der Waals surface area contributed by atoms with Gasteiger partial charge in [0.1, 0.15) is 23.3 Å². The van der Waals surface area contributed by atoms with Crippen molar-refractivity contribution in [2.75, 3.05) is 0 Å². The highest BCUT2D eigenvalue weighted by Crippen LogP contribution is 2.27. The Labute approximate surface area is 177 Å². The first-order chi connectivity index (χ1) is 15.2. The van der Waals surface area contributed by atoms with Crippen molar-refractivity contribution in [1.29, 1.82) is 0 Å². The van der Waals surface area contributed by atoms with Crippen LogP contribution in [0.25, 0.3) is 22.4 Å². The number of aromatic nitrogens is 1. The summed E-state index contributed by atoms with van der Waals surface area (Å²) in [5.41, 5.74) is -1.06. The highest BCUT2D eigenvalue weighted by molar-refractivity contribution is 6.01. The van der Waals surface area contributed by atoms with Gasteiger partial charge in [-0.15, -0.1) is 5.06 Å². The lowest BCUT2D eigenvalue weighted by molar-refractivity contribution is -0.197. The molecule has 0 spiro atoms. The van der Waals surface area contributed by atoms with Crippen molar-refractivity contribution in [1.82, 2.24) is 10.0 Å². The number of ether oxygens (including phenoxy) is 1. The number of esters is 1. The molecule has 2 amide bonds. The van der Waals surface area contributed by atoms with Gasteiger partial charge in [0.05, 0.1) is 6.20 Å². The lowest BCUT2D eigenvalue weighted by Gasteiger charge is -2.11. The van der Waals surface area contributed by atoms with Crippen LogP contribution in [0.2, 0.25) is 0 Å². The highest BCUT2D eigenvalue weighted by Gasteiger charge is 2.33. The van der Waals surface area contributed by atoms with Crippen molar-refractivity contribution in [2.45, 2.75) is 26.2 Å². The lowest BCUT2D eigenvalue weighted by Crippen LogP contribution is -2.32. The molecule has 3 aromatic rings. The molecule has 12 heteroatoms. The molecule has 0 radical (unpaired) electrons. The summed E-state index contributed by atoms with van der Waals surface area (Å²) in [4.78, 5) is 67.0. The van der Waals surface area contributed by atoms with E-state index >= 15 is 0 Å². The van der Waals surface area contributed by atoms with Gasteiger partial charge in [0.15, 0.2) is 11.6 Å². The van der Waals surface area contributed by atoms with Crippen molar-refractivity contribution in [2.24, 2.45) is 0 Å². The average Bonchev–Trinajstić information content (AvgIpc) is 3.30. The fourth-order valence-electron chi connectivity index (χ4n) is 2.95. The van der Waals surface area contributed by atoms with Crippen molar-refractivity contribution in [3.05, 3.63) is 46.4 Å². The van der Waals surface area contributed by atoms with E-state index in [9.17, 15) is 28.4 Å². The van der Waals surface area contributed by atoms with Gasteiger partial charge in [0.2, 0.25) is 5.89 Å². The lowest BCUT2D eigenvalue weighted by atomic mass is 10.1. The maximum Gasteiger partial charge on any atom is 0.349 e. The molecule has 0 N–H and O–H groups in total. The second-order valence-corrected chi connectivity index (χ2v) is 6.72. The largest absolute Gasteiger partial charge is 0.440 e. The quantitative estimate of drug-likeness (QED) is 0.246. The number of hydrogen-bond acceptors (Lipinski definition) is 10. The van der Waals surface area contributed by atoms with Crippen LogP contribution >= 0.6 is 0 Å². The molecule has 1 aliphatic rings. The van der Waals surface area contributed by atoms with Gasteiger partial charge in [0, 0.05) is 31.2 Å². The molecule has 1 saturated heterocycles. The molecule has 0 aliphatic carbocycles. The number of halogens is 1. The number of oxazole rings is 1. The minimum Gasteiger partial charge on any atom is -0.440 e. The Balaban J connectivity index is 1.56. The van der Waals surface area contributed by atoms with E-state index in [1.807, 2.05) is 0 Å². The maximum atomic E-state index is 14.1. The molecule has 0 unspecified atom stereocenters. The highest BCUT2D eigenvalue weighted by atomic mass is 19.1. The number of carbonyl (C=O) groups excluding carboxylic acids is 4. The number of imide groups is 1. The number of hydroxylamine groups is 2. The van der Waals surface area contributed by atoms with Gasteiger partial charge < -0.3 is 18.4 Å². The molecular weight excluding hydrogens is 431 g/mol. The van der Waals surface area contributed by atoms with E-state index in [0.717, 1.165) is 25.3 Å². The first-order valence-electron chi connectivity index (χ1n) is 9.19. The van der Waals surface area contributed by atoms with E-state index < -0.39 is 47.4 Å². The molecule has 11 nitrogen and oxygen atoms in total. The van der Waals surface area contributed by atoms with E-state index in [-0.39, 0.29) is 41.0 Å². The summed E-state index contributed by atoms with van der Waals surface area (Å²) in [5.74, 6) is -4.41. The monoisotopic (exact) mass is 444 g/mol. The normalized spacial score (nSPS) is 13.6. The average molecular weight is 444 g/mol. The molecule has 1 aliphatic heterocycles. The van der Waals surface area contributed by atoms with Gasteiger partial charge in [0.25, 0.3) is 11.8 Å².